The number of aromatic hydroxyl groups is 1. The number of nitrogens with zero attached hydrogens (tertiary/aromatic N) is 1. The Kier molecular flexibility index (Phi) is 5.76. The lowest BCUT2D eigenvalue weighted by Gasteiger charge is -2.31. The van der Waals surface area contributed by atoms with E-state index in [0.717, 1.165) is 12.7 Å². The lowest BCUT2D eigenvalue weighted by molar-refractivity contribution is -0.109. The molecule has 1 rings (SSSR count). The van der Waals surface area contributed by atoms with Gasteiger partial charge >= 0.3 is 6.09 Å². The maximum Gasteiger partial charge on any atom is 0.415 e. The molecule has 0 fully saturated rings. The highest BCUT2D eigenvalue weighted by molar-refractivity contribution is 5.92. The van der Waals surface area contributed by atoms with Crippen molar-refractivity contribution in [3.05, 3.63) is 24.3 Å². The topological polar surface area (TPSA) is 66.8 Å². The average molecular weight is 293 g/mol. The number of carbonyl (C=O) groups is 2. The van der Waals surface area contributed by atoms with E-state index in [9.17, 15) is 14.7 Å². The first-order valence-electron chi connectivity index (χ1n) is 7.05. The van der Waals surface area contributed by atoms with Gasteiger partial charge in [-0.1, -0.05) is 13.3 Å². The predicted molar refractivity (Wildman–Crippen MR) is 81.6 cm³/mol. The summed E-state index contributed by atoms with van der Waals surface area (Å²) in [7, 11) is 0. The number of amides is 1. The number of benzene rings is 1. The van der Waals surface area contributed by atoms with Crippen LogP contribution in [0.3, 0.4) is 0 Å². The first-order chi connectivity index (χ1) is 9.78. The van der Waals surface area contributed by atoms with Gasteiger partial charge in [0.1, 0.15) is 17.6 Å². The molecular weight excluding hydrogens is 270 g/mol. The van der Waals surface area contributed by atoms with E-state index in [-0.39, 0.29) is 5.75 Å². The molecule has 116 valence electrons. The lowest BCUT2D eigenvalue weighted by atomic mass is 10.1. The smallest absolute Gasteiger partial charge is 0.415 e. The molecule has 1 aromatic carbocycles. The molecule has 21 heavy (non-hydrogen) atoms. The predicted octanol–water partition coefficient (Wildman–Crippen LogP) is 3.50. The largest absolute Gasteiger partial charge is 0.508 e. The number of phenolic OH excluding ortho intramolecular Hbond substituents is 1. The number of hydrogen-bond acceptors (Lipinski definition) is 4. The SMILES string of the molecule is CCCC(C=O)N(C(=O)OC(C)(C)C)c1ccc(O)cc1. The van der Waals surface area contributed by atoms with Gasteiger partial charge in [0.15, 0.2) is 0 Å². The monoisotopic (exact) mass is 293 g/mol. The van der Waals surface area contributed by atoms with Gasteiger partial charge in [-0.25, -0.2) is 4.79 Å². The van der Waals surface area contributed by atoms with Crippen LogP contribution in [0.1, 0.15) is 40.5 Å². The van der Waals surface area contributed by atoms with Crippen LogP contribution < -0.4 is 4.90 Å². The third-order valence-electron chi connectivity index (χ3n) is 2.79. The standard InChI is InChI=1S/C16H23NO4/c1-5-6-13(11-18)17(15(20)21-16(2,3)4)12-7-9-14(19)10-8-12/h7-11,13,19H,5-6H2,1-4H3. The Morgan fingerprint density at radius 2 is 1.90 bits per heavy atom. The highest BCUT2D eigenvalue weighted by Crippen LogP contribution is 2.24. The summed E-state index contributed by atoms with van der Waals surface area (Å²) >= 11 is 0. The number of carbonyl (C=O) groups excluding carboxylic acids is 2. The van der Waals surface area contributed by atoms with E-state index >= 15 is 0 Å². The van der Waals surface area contributed by atoms with Crippen LogP contribution in [0.2, 0.25) is 0 Å². The molecule has 0 bridgehead atoms. The summed E-state index contributed by atoms with van der Waals surface area (Å²) in [5, 5.41) is 9.36. The van der Waals surface area contributed by atoms with Gasteiger partial charge in [0.2, 0.25) is 0 Å². The van der Waals surface area contributed by atoms with Crippen molar-refractivity contribution in [3.8, 4) is 5.75 Å². The second kappa shape index (κ2) is 7.11. The fourth-order valence-corrected chi connectivity index (χ4v) is 1.91. The summed E-state index contributed by atoms with van der Waals surface area (Å²) < 4.78 is 5.38. The van der Waals surface area contributed by atoms with Gasteiger partial charge in [-0.3, -0.25) is 4.90 Å². The summed E-state index contributed by atoms with van der Waals surface area (Å²) in [4.78, 5) is 25.1. The molecule has 5 heteroatoms. The van der Waals surface area contributed by atoms with Crippen molar-refractivity contribution in [3.63, 3.8) is 0 Å². The molecule has 0 saturated heterocycles. The molecule has 0 aliphatic carbocycles. The minimum absolute atomic E-state index is 0.0982. The third-order valence-corrected chi connectivity index (χ3v) is 2.79. The average Bonchev–Trinajstić information content (AvgIpc) is 2.38. The number of ether oxygens (including phenoxy) is 1. The van der Waals surface area contributed by atoms with Crippen LogP contribution in [-0.2, 0) is 9.53 Å². The van der Waals surface area contributed by atoms with Crippen molar-refractivity contribution in [1.29, 1.82) is 0 Å². The Hall–Kier alpha value is -2.04. The van der Waals surface area contributed by atoms with E-state index in [1.54, 1.807) is 32.9 Å². The molecule has 0 saturated carbocycles. The molecule has 1 N–H and O–H groups in total. The van der Waals surface area contributed by atoms with Gasteiger partial charge in [0.05, 0.1) is 6.04 Å². The van der Waals surface area contributed by atoms with Crippen molar-refractivity contribution in [2.75, 3.05) is 4.90 Å². The minimum Gasteiger partial charge on any atom is -0.508 e. The molecule has 1 aromatic rings. The van der Waals surface area contributed by atoms with E-state index < -0.39 is 17.7 Å². The Morgan fingerprint density at radius 3 is 2.33 bits per heavy atom. The van der Waals surface area contributed by atoms with E-state index in [4.69, 9.17) is 4.74 Å². The van der Waals surface area contributed by atoms with Crippen LogP contribution in [0.5, 0.6) is 5.75 Å². The van der Waals surface area contributed by atoms with E-state index in [1.165, 1.54) is 17.0 Å². The maximum atomic E-state index is 12.4. The Balaban J connectivity index is 3.12. The number of hydrogen-bond donors (Lipinski definition) is 1. The van der Waals surface area contributed by atoms with Crippen molar-refractivity contribution in [1.82, 2.24) is 0 Å². The molecule has 0 radical (unpaired) electrons. The summed E-state index contributed by atoms with van der Waals surface area (Å²) in [6, 6.07) is 5.53. The van der Waals surface area contributed by atoms with Gasteiger partial charge in [0, 0.05) is 5.69 Å². The van der Waals surface area contributed by atoms with Gasteiger partial charge in [0.25, 0.3) is 0 Å². The van der Waals surface area contributed by atoms with Gasteiger partial charge in [-0.15, -0.1) is 0 Å². The minimum atomic E-state index is -0.647. The zero-order valence-corrected chi connectivity index (χ0v) is 13.0. The van der Waals surface area contributed by atoms with Gasteiger partial charge < -0.3 is 14.6 Å². The summed E-state index contributed by atoms with van der Waals surface area (Å²) in [5.41, 5.74) is -0.126. The Bertz CT molecular complexity index is 476. The number of rotatable bonds is 5. The first-order valence-corrected chi connectivity index (χ1v) is 7.05. The summed E-state index contributed by atoms with van der Waals surface area (Å²) in [5.74, 6) is 0.0982. The maximum absolute atomic E-state index is 12.4. The normalized spacial score (nSPS) is 12.6. The fraction of sp³-hybridized carbons (Fsp3) is 0.500. The second-order valence-corrected chi connectivity index (χ2v) is 5.86. The molecular formula is C16H23NO4. The summed E-state index contributed by atoms with van der Waals surface area (Å²) in [6.45, 7) is 7.27. The molecule has 0 aliphatic rings. The van der Waals surface area contributed by atoms with Gasteiger partial charge in [-0.05, 0) is 51.5 Å². The molecule has 0 spiro atoms. The molecule has 5 nitrogen and oxygen atoms in total. The van der Waals surface area contributed by atoms with Crippen LogP contribution in [-0.4, -0.2) is 29.1 Å². The van der Waals surface area contributed by atoms with E-state index in [2.05, 4.69) is 0 Å². The fourth-order valence-electron chi connectivity index (χ4n) is 1.91. The van der Waals surface area contributed by atoms with Crippen LogP contribution in [0.4, 0.5) is 10.5 Å². The van der Waals surface area contributed by atoms with Crippen molar-refractivity contribution in [2.24, 2.45) is 0 Å². The first kappa shape index (κ1) is 17.0. The van der Waals surface area contributed by atoms with E-state index in [1.807, 2.05) is 6.92 Å². The van der Waals surface area contributed by atoms with Gasteiger partial charge in [-0.2, -0.15) is 0 Å². The number of aldehydes is 1. The lowest BCUT2D eigenvalue weighted by Crippen LogP contribution is -2.44. The Morgan fingerprint density at radius 1 is 1.33 bits per heavy atom. The number of phenols is 1. The highest BCUT2D eigenvalue weighted by Gasteiger charge is 2.29. The number of anilines is 1. The van der Waals surface area contributed by atoms with Crippen LogP contribution in [0.25, 0.3) is 0 Å². The Labute approximate surface area is 125 Å². The van der Waals surface area contributed by atoms with Crippen molar-refractivity contribution in [2.45, 2.75) is 52.2 Å². The zero-order valence-electron chi connectivity index (χ0n) is 13.0. The highest BCUT2D eigenvalue weighted by atomic mass is 16.6. The molecule has 1 unspecified atom stereocenters. The second-order valence-electron chi connectivity index (χ2n) is 5.86. The van der Waals surface area contributed by atoms with Crippen LogP contribution in [0.15, 0.2) is 24.3 Å². The molecule has 0 aliphatic heterocycles. The molecule has 0 heterocycles. The van der Waals surface area contributed by atoms with Crippen molar-refractivity contribution >= 4 is 18.1 Å². The van der Waals surface area contributed by atoms with Crippen LogP contribution >= 0.6 is 0 Å². The van der Waals surface area contributed by atoms with E-state index in [0.29, 0.717) is 12.1 Å². The molecule has 1 amide bonds. The zero-order chi connectivity index (χ0) is 16.0. The summed E-state index contributed by atoms with van der Waals surface area (Å²) in [6.07, 6.45) is 1.49. The quantitative estimate of drug-likeness (QED) is 0.844. The van der Waals surface area contributed by atoms with Crippen LogP contribution in [0, 0.1) is 0 Å². The van der Waals surface area contributed by atoms with Crippen molar-refractivity contribution < 1.29 is 19.4 Å². The molecule has 0 aromatic heterocycles. The molecule has 1 atom stereocenters. The third kappa shape index (κ3) is 5.10.